The summed E-state index contributed by atoms with van der Waals surface area (Å²) in [6, 6.07) is 28.8. The molecule has 4 aromatic carbocycles. The Balaban J connectivity index is 1.38. The van der Waals surface area contributed by atoms with Crippen LogP contribution in [0.1, 0.15) is 35.7 Å². The molecule has 1 saturated heterocycles. The molecule has 1 fully saturated rings. The number of halogens is 2. The monoisotopic (exact) mass is 510 g/mol. The summed E-state index contributed by atoms with van der Waals surface area (Å²) in [5, 5.41) is 3.18. The zero-order chi connectivity index (χ0) is 26.5. The second-order valence-electron chi connectivity index (χ2n) is 10.1. The highest BCUT2D eigenvalue weighted by Crippen LogP contribution is 2.30. The second-order valence-corrected chi connectivity index (χ2v) is 10.1. The van der Waals surface area contributed by atoms with Crippen LogP contribution >= 0.6 is 0 Å². The topological polar surface area (TPSA) is 32.3 Å². The van der Waals surface area contributed by atoms with Crippen LogP contribution in [0.2, 0.25) is 0 Å². The van der Waals surface area contributed by atoms with Crippen LogP contribution < -0.4 is 5.32 Å². The van der Waals surface area contributed by atoms with E-state index < -0.39 is 0 Å². The molecule has 38 heavy (non-hydrogen) atoms. The molecule has 4 aromatic rings. The number of benzene rings is 4. The highest BCUT2D eigenvalue weighted by atomic mass is 19.1. The van der Waals surface area contributed by atoms with Crippen LogP contribution in [-0.2, 0) is 6.54 Å². The Hall–Kier alpha value is -3.83. The number of nitrogens with one attached hydrogen (secondary N) is 1. The van der Waals surface area contributed by atoms with E-state index >= 15 is 0 Å². The summed E-state index contributed by atoms with van der Waals surface area (Å²) in [7, 11) is 0. The fourth-order valence-corrected chi connectivity index (χ4v) is 5.30. The standard InChI is InChI=1S/C33H32F2N2O/c1-2-23-16-32(37(21-23)22-24-6-4-3-5-7-24)20-36-33(38)29-18-27(25-8-12-30(34)13-9-25)17-28(19-29)26-10-14-31(35)15-11-26/h3-15,17-19,23,32H,2,16,20-22H2,1H3,(H,36,38)/t23-,32-/m0/s1. The van der Waals surface area contributed by atoms with Gasteiger partial charge in [0.15, 0.2) is 0 Å². The normalized spacial score (nSPS) is 17.4. The molecular weight excluding hydrogens is 478 g/mol. The summed E-state index contributed by atoms with van der Waals surface area (Å²) in [5.41, 5.74) is 5.01. The third-order valence-corrected chi connectivity index (χ3v) is 7.47. The molecule has 194 valence electrons. The van der Waals surface area contributed by atoms with Crippen LogP contribution in [0.4, 0.5) is 8.78 Å². The summed E-state index contributed by atoms with van der Waals surface area (Å²) in [6.07, 6.45) is 2.18. The number of hydrogen-bond acceptors (Lipinski definition) is 2. The predicted molar refractivity (Wildman–Crippen MR) is 149 cm³/mol. The van der Waals surface area contributed by atoms with Gasteiger partial charge >= 0.3 is 0 Å². The minimum absolute atomic E-state index is 0.156. The van der Waals surface area contributed by atoms with Gasteiger partial charge in [-0.25, -0.2) is 8.78 Å². The average molecular weight is 511 g/mol. The summed E-state index contributed by atoms with van der Waals surface area (Å²) < 4.78 is 27.1. The molecule has 1 aliphatic rings. The van der Waals surface area contributed by atoms with Gasteiger partial charge in [0.2, 0.25) is 0 Å². The number of nitrogens with zero attached hydrogens (tertiary/aromatic N) is 1. The lowest BCUT2D eigenvalue weighted by Crippen LogP contribution is -2.39. The van der Waals surface area contributed by atoms with Crippen molar-refractivity contribution in [2.24, 2.45) is 5.92 Å². The number of rotatable bonds is 8. The summed E-state index contributed by atoms with van der Waals surface area (Å²) in [6.45, 7) is 4.69. The third kappa shape index (κ3) is 6.17. The van der Waals surface area contributed by atoms with Crippen LogP contribution in [0.5, 0.6) is 0 Å². The van der Waals surface area contributed by atoms with Crippen LogP contribution in [0.15, 0.2) is 97.1 Å². The molecule has 0 aromatic heterocycles. The summed E-state index contributed by atoms with van der Waals surface area (Å²) in [5.74, 6) is -0.170. The smallest absolute Gasteiger partial charge is 0.251 e. The van der Waals surface area contributed by atoms with Gasteiger partial charge in [-0.3, -0.25) is 9.69 Å². The van der Waals surface area contributed by atoms with Gasteiger partial charge < -0.3 is 5.32 Å². The number of amides is 1. The van der Waals surface area contributed by atoms with Crippen molar-refractivity contribution < 1.29 is 13.6 Å². The molecule has 2 atom stereocenters. The first-order valence-corrected chi connectivity index (χ1v) is 13.2. The molecule has 3 nitrogen and oxygen atoms in total. The molecule has 0 radical (unpaired) electrons. The highest BCUT2D eigenvalue weighted by Gasteiger charge is 2.31. The van der Waals surface area contributed by atoms with E-state index in [1.165, 1.54) is 29.8 Å². The summed E-state index contributed by atoms with van der Waals surface area (Å²) >= 11 is 0. The lowest BCUT2D eigenvalue weighted by atomic mass is 9.95. The number of carbonyl (C=O) groups excluding carboxylic acids is 1. The molecule has 0 spiro atoms. The van der Waals surface area contributed by atoms with Crippen LogP contribution in [0.3, 0.4) is 0 Å². The van der Waals surface area contributed by atoms with E-state index in [1.807, 2.05) is 24.3 Å². The lowest BCUT2D eigenvalue weighted by Gasteiger charge is -2.25. The van der Waals surface area contributed by atoms with E-state index in [4.69, 9.17) is 0 Å². The molecule has 1 amide bonds. The Morgan fingerprint density at radius 1 is 0.816 bits per heavy atom. The van der Waals surface area contributed by atoms with Gasteiger partial charge in [0.25, 0.3) is 5.91 Å². The van der Waals surface area contributed by atoms with Crippen LogP contribution in [-0.4, -0.2) is 29.9 Å². The molecule has 0 bridgehead atoms. The maximum Gasteiger partial charge on any atom is 0.251 e. The van der Waals surface area contributed by atoms with E-state index in [0.717, 1.165) is 48.2 Å². The van der Waals surface area contributed by atoms with Crippen molar-refractivity contribution >= 4 is 5.91 Å². The Kier molecular flexibility index (Phi) is 7.94. The fourth-order valence-electron chi connectivity index (χ4n) is 5.30. The lowest BCUT2D eigenvalue weighted by molar-refractivity contribution is 0.0940. The van der Waals surface area contributed by atoms with Crippen LogP contribution in [0.25, 0.3) is 22.3 Å². The number of likely N-dealkylation sites (tertiary alicyclic amines) is 1. The first kappa shape index (κ1) is 25.8. The number of hydrogen-bond donors (Lipinski definition) is 1. The van der Waals surface area contributed by atoms with Crippen molar-refractivity contribution in [3.05, 3.63) is 120 Å². The Morgan fingerprint density at radius 3 is 1.95 bits per heavy atom. The quantitative estimate of drug-likeness (QED) is 0.269. The first-order valence-electron chi connectivity index (χ1n) is 13.2. The zero-order valence-corrected chi connectivity index (χ0v) is 21.5. The van der Waals surface area contributed by atoms with Crippen molar-refractivity contribution in [1.29, 1.82) is 0 Å². The van der Waals surface area contributed by atoms with E-state index in [0.29, 0.717) is 18.0 Å². The van der Waals surface area contributed by atoms with Crippen molar-refractivity contribution in [3.8, 4) is 22.3 Å². The second kappa shape index (κ2) is 11.7. The van der Waals surface area contributed by atoms with E-state index in [1.54, 1.807) is 24.3 Å². The van der Waals surface area contributed by atoms with Crippen molar-refractivity contribution in [2.45, 2.75) is 32.4 Å². The molecule has 5 rings (SSSR count). The van der Waals surface area contributed by atoms with E-state index in [9.17, 15) is 13.6 Å². The molecule has 1 heterocycles. The molecule has 0 unspecified atom stereocenters. The van der Waals surface area contributed by atoms with Gasteiger partial charge in [0.05, 0.1) is 0 Å². The Morgan fingerprint density at radius 2 is 1.39 bits per heavy atom. The highest BCUT2D eigenvalue weighted by molar-refractivity contribution is 5.97. The SMILES string of the molecule is CC[C@H]1C[C@@H](CNC(=O)c2cc(-c3ccc(F)cc3)cc(-c3ccc(F)cc3)c2)N(Cc2ccccc2)C1. The minimum atomic E-state index is -0.316. The molecule has 1 aliphatic heterocycles. The predicted octanol–water partition coefficient (Wildman–Crippen LogP) is 7.33. The van der Waals surface area contributed by atoms with E-state index in [-0.39, 0.29) is 23.6 Å². The zero-order valence-electron chi connectivity index (χ0n) is 21.5. The Labute approximate surface area is 223 Å². The number of carbonyl (C=O) groups is 1. The van der Waals surface area contributed by atoms with E-state index in [2.05, 4.69) is 41.4 Å². The molecular formula is C33H32F2N2O. The van der Waals surface area contributed by atoms with Crippen molar-refractivity contribution in [1.82, 2.24) is 10.2 Å². The van der Waals surface area contributed by atoms with Gasteiger partial charge in [0.1, 0.15) is 11.6 Å². The largest absolute Gasteiger partial charge is 0.350 e. The third-order valence-electron chi connectivity index (χ3n) is 7.47. The van der Waals surface area contributed by atoms with Crippen LogP contribution in [0, 0.1) is 17.6 Å². The van der Waals surface area contributed by atoms with Crippen molar-refractivity contribution in [2.75, 3.05) is 13.1 Å². The van der Waals surface area contributed by atoms with Gasteiger partial charge in [-0.2, -0.15) is 0 Å². The van der Waals surface area contributed by atoms with Gasteiger partial charge in [-0.15, -0.1) is 0 Å². The molecule has 1 N–H and O–H groups in total. The van der Waals surface area contributed by atoms with Gasteiger partial charge in [-0.1, -0.05) is 67.9 Å². The van der Waals surface area contributed by atoms with Gasteiger partial charge in [0, 0.05) is 31.2 Å². The van der Waals surface area contributed by atoms with Crippen molar-refractivity contribution in [3.63, 3.8) is 0 Å². The molecule has 0 aliphatic carbocycles. The first-order chi connectivity index (χ1) is 18.5. The minimum Gasteiger partial charge on any atom is -0.350 e. The van der Waals surface area contributed by atoms with Gasteiger partial charge in [-0.05, 0) is 82.6 Å². The molecule has 0 saturated carbocycles. The molecule has 5 heteroatoms. The Bertz CT molecular complexity index is 1310. The maximum absolute atomic E-state index is 13.6. The average Bonchev–Trinajstić information content (AvgIpc) is 3.34. The summed E-state index contributed by atoms with van der Waals surface area (Å²) in [4.78, 5) is 15.9. The maximum atomic E-state index is 13.6. The fraction of sp³-hybridized carbons (Fsp3) is 0.242.